The third kappa shape index (κ3) is 3.21. The van der Waals surface area contributed by atoms with Crippen molar-refractivity contribution in [2.24, 2.45) is 0 Å². The SMILES string of the molecule is CCOC(=O)c1cccc(Nc2c(-c3ccc(C)cc3)c(=O)c2=O)c1. The van der Waals surface area contributed by atoms with Crippen LogP contribution in [0.15, 0.2) is 58.1 Å². The van der Waals surface area contributed by atoms with Gasteiger partial charge in [-0.2, -0.15) is 0 Å². The van der Waals surface area contributed by atoms with Crippen LogP contribution in [0.1, 0.15) is 22.8 Å². The van der Waals surface area contributed by atoms with Crippen LogP contribution < -0.4 is 16.2 Å². The molecule has 5 nitrogen and oxygen atoms in total. The summed E-state index contributed by atoms with van der Waals surface area (Å²) in [5.74, 6) is -0.435. The predicted octanol–water partition coefficient (Wildman–Crippen LogP) is 3.18. The van der Waals surface area contributed by atoms with Gasteiger partial charge in [0.25, 0.3) is 5.43 Å². The summed E-state index contributed by atoms with van der Waals surface area (Å²) in [6, 6.07) is 14.0. The number of nitrogens with one attached hydrogen (secondary N) is 1. The van der Waals surface area contributed by atoms with Gasteiger partial charge in [-0.15, -0.1) is 0 Å². The van der Waals surface area contributed by atoms with Crippen LogP contribution in [0, 0.1) is 6.92 Å². The van der Waals surface area contributed by atoms with Gasteiger partial charge in [0, 0.05) is 5.69 Å². The minimum absolute atomic E-state index is 0.245. The van der Waals surface area contributed by atoms with E-state index in [0.29, 0.717) is 22.4 Å². The average Bonchev–Trinajstić information content (AvgIpc) is 2.63. The van der Waals surface area contributed by atoms with Crippen molar-refractivity contribution in [3.05, 3.63) is 80.1 Å². The second-order valence-corrected chi connectivity index (χ2v) is 5.70. The Morgan fingerprint density at radius 1 is 1.04 bits per heavy atom. The molecule has 25 heavy (non-hydrogen) atoms. The first-order valence-corrected chi connectivity index (χ1v) is 7.96. The molecular weight excluding hydrogens is 318 g/mol. The highest BCUT2D eigenvalue weighted by Crippen LogP contribution is 2.27. The number of carbonyl (C=O) groups excluding carboxylic acids is 1. The fraction of sp³-hybridized carbons (Fsp3) is 0.150. The highest BCUT2D eigenvalue weighted by molar-refractivity contribution is 5.91. The monoisotopic (exact) mass is 335 g/mol. The Bertz CT molecular complexity index is 995. The van der Waals surface area contributed by atoms with Crippen LogP contribution in [0.4, 0.5) is 11.4 Å². The second kappa shape index (κ2) is 6.73. The minimum Gasteiger partial charge on any atom is -0.462 e. The molecule has 0 spiro atoms. The van der Waals surface area contributed by atoms with E-state index in [1.54, 1.807) is 31.2 Å². The first-order chi connectivity index (χ1) is 12.0. The minimum atomic E-state index is -0.558. The molecule has 3 aromatic rings. The molecule has 0 saturated heterocycles. The van der Waals surface area contributed by atoms with E-state index in [4.69, 9.17) is 4.74 Å². The van der Waals surface area contributed by atoms with Crippen LogP contribution in [-0.4, -0.2) is 12.6 Å². The van der Waals surface area contributed by atoms with Gasteiger partial charge in [-0.1, -0.05) is 35.9 Å². The molecule has 0 unspecified atom stereocenters. The highest BCUT2D eigenvalue weighted by Gasteiger charge is 2.22. The normalized spacial score (nSPS) is 10.6. The van der Waals surface area contributed by atoms with Crippen molar-refractivity contribution in [3.63, 3.8) is 0 Å². The summed E-state index contributed by atoms with van der Waals surface area (Å²) < 4.78 is 4.97. The lowest BCUT2D eigenvalue weighted by Gasteiger charge is -2.14. The largest absolute Gasteiger partial charge is 0.462 e. The van der Waals surface area contributed by atoms with Gasteiger partial charge in [-0.25, -0.2) is 4.79 Å². The van der Waals surface area contributed by atoms with Gasteiger partial charge < -0.3 is 10.1 Å². The number of hydrogen-bond donors (Lipinski definition) is 1. The fourth-order valence-corrected chi connectivity index (χ4v) is 2.59. The third-order valence-electron chi connectivity index (χ3n) is 3.89. The van der Waals surface area contributed by atoms with E-state index >= 15 is 0 Å². The summed E-state index contributed by atoms with van der Waals surface area (Å²) in [5.41, 5.74) is 2.23. The first-order valence-electron chi connectivity index (χ1n) is 7.96. The number of carbonyl (C=O) groups is 1. The van der Waals surface area contributed by atoms with E-state index in [1.165, 1.54) is 0 Å². The van der Waals surface area contributed by atoms with Crippen molar-refractivity contribution in [1.29, 1.82) is 0 Å². The van der Waals surface area contributed by atoms with Crippen LogP contribution in [0.25, 0.3) is 11.1 Å². The molecule has 0 radical (unpaired) electrons. The quantitative estimate of drug-likeness (QED) is 0.573. The maximum Gasteiger partial charge on any atom is 0.338 e. The standard InChI is InChI=1S/C20H17NO4/c1-3-25-20(24)14-5-4-6-15(11-14)21-17-16(18(22)19(17)23)13-9-7-12(2)8-10-13/h4-11,21H,3H2,1-2H3. The first kappa shape index (κ1) is 16.6. The van der Waals surface area contributed by atoms with Crippen LogP contribution in [0.5, 0.6) is 0 Å². The van der Waals surface area contributed by atoms with E-state index in [9.17, 15) is 14.4 Å². The summed E-state index contributed by atoms with van der Waals surface area (Å²) in [6.07, 6.45) is 0. The highest BCUT2D eigenvalue weighted by atomic mass is 16.5. The van der Waals surface area contributed by atoms with Gasteiger partial charge in [-0.05, 0) is 37.6 Å². The Morgan fingerprint density at radius 3 is 2.44 bits per heavy atom. The van der Waals surface area contributed by atoms with Crippen molar-refractivity contribution < 1.29 is 9.53 Å². The molecule has 0 aliphatic carbocycles. The zero-order chi connectivity index (χ0) is 18.0. The van der Waals surface area contributed by atoms with Crippen molar-refractivity contribution in [3.8, 4) is 11.1 Å². The fourth-order valence-electron chi connectivity index (χ4n) is 2.59. The van der Waals surface area contributed by atoms with Crippen LogP contribution in [0.2, 0.25) is 0 Å². The molecule has 3 rings (SSSR count). The number of esters is 1. The lowest BCUT2D eigenvalue weighted by Crippen LogP contribution is -2.35. The summed E-state index contributed by atoms with van der Waals surface area (Å²) in [7, 11) is 0. The Hall–Kier alpha value is -3.21. The molecule has 0 heterocycles. The van der Waals surface area contributed by atoms with E-state index < -0.39 is 16.8 Å². The molecule has 0 bridgehead atoms. The predicted molar refractivity (Wildman–Crippen MR) is 97.2 cm³/mol. The Labute approximate surface area is 144 Å². The summed E-state index contributed by atoms with van der Waals surface area (Å²) in [5, 5.41) is 2.96. The molecule has 0 aliphatic rings. The molecule has 0 aromatic heterocycles. The van der Waals surface area contributed by atoms with Gasteiger partial charge >= 0.3 is 5.97 Å². The third-order valence-corrected chi connectivity index (χ3v) is 3.89. The van der Waals surface area contributed by atoms with Crippen LogP contribution >= 0.6 is 0 Å². The van der Waals surface area contributed by atoms with E-state index in [2.05, 4.69) is 5.32 Å². The Kier molecular flexibility index (Phi) is 4.48. The molecule has 0 amide bonds. The van der Waals surface area contributed by atoms with Crippen LogP contribution in [-0.2, 0) is 4.74 Å². The number of hydrogen-bond acceptors (Lipinski definition) is 5. The topological polar surface area (TPSA) is 72.5 Å². The van der Waals surface area contributed by atoms with E-state index in [0.717, 1.165) is 5.56 Å². The maximum atomic E-state index is 12.0. The number of aryl methyl sites for hydroxylation is 1. The summed E-state index contributed by atoms with van der Waals surface area (Å²) >= 11 is 0. The summed E-state index contributed by atoms with van der Waals surface area (Å²) in [6.45, 7) is 3.97. The zero-order valence-electron chi connectivity index (χ0n) is 14.0. The van der Waals surface area contributed by atoms with Crippen molar-refractivity contribution in [1.82, 2.24) is 0 Å². The van der Waals surface area contributed by atoms with Gasteiger partial charge in [0.05, 0.1) is 17.7 Å². The second-order valence-electron chi connectivity index (χ2n) is 5.70. The lowest BCUT2D eigenvalue weighted by atomic mass is 9.97. The Morgan fingerprint density at radius 2 is 1.76 bits per heavy atom. The molecule has 5 heteroatoms. The summed E-state index contributed by atoms with van der Waals surface area (Å²) in [4.78, 5) is 35.8. The van der Waals surface area contributed by atoms with E-state index in [-0.39, 0.29) is 12.3 Å². The molecular formula is C20H17NO4. The number of rotatable bonds is 5. The average molecular weight is 335 g/mol. The molecule has 1 N–H and O–H groups in total. The van der Waals surface area contributed by atoms with Gasteiger partial charge in [-0.3, -0.25) is 9.59 Å². The van der Waals surface area contributed by atoms with Gasteiger partial charge in [0.1, 0.15) is 5.69 Å². The van der Waals surface area contributed by atoms with Crippen molar-refractivity contribution in [2.75, 3.05) is 11.9 Å². The molecule has 0 aliphatic heterocycles. The number of benzene rings is 2. The smallest absolute Gasteiger partial charge is 0.338 e. The van der Waals surface area contributed by atoms with Crippen molar-refractivity contribution >= 4 is 17.3 Å². The molecule has 0 saturated carbocycles. The van der Waals surface area contributed by atoms with Gasteiger partial charge in [0.15, 0.2) is 0 Å². The molecule has 3 aromatic carbocycles. The number of anilines is 2. The molecule has 126 valence electrons. The lowest BCUT2D eigenvalue weighted by molar-refractivity contribution is 0.0526. The zero-order valence-corrected chi connectivity index (χ0v) is 14.0. The number of ether oxygens (including phenoxy) is 1. The molecule has 0 fully saturated rings. The Balaban J connectivity index is 1.92. The van der Waals surface area contributed by atoms with Gasteiger partial charge in [0.2, 0.25) is 5.43 Å². The molecule has 0 atom stereocenters. The van der Waals surface area contributed by atoms with Crippen LogP contribution in [0.3, 0.4) is 0 Å². The maximum absolute atomic E-state index is 12.0. The van der Waals surface area contributed by atoms with Crippen molar-refractivity contribution in [2.45, 2.75) is 13.8 Å². The van der Waals surface area contributed by atoms with E-state index in [1.807, 2.05) is 31.2 Å².